The van der Waals surface area contributed by atoms with Crippen molar-refractivity contribution < 1.29 is 4.39 Å². The van der Waals surface area contributed by atoms with Gasteiger partial charge in [-0.2, -0.15) is 0 Å². The van der Waals surface area contributed by atoms with Crippen LogP contribution in [0.15, 0.2) is 18.3 Å². The topological polar surface area (TPSA) is 29.3 Å². The van der Waals surface area contributed by atoms with Crippen LogP contribution in [-0.2, 0) is 0 Å². The van der Waals surface area contributed by atoms with Crippen LogP contribution in [-0.4, -0.2) is 15.9 Å². The summed E-state index contributed by atoms with van der Waals surface area (Å²) in [5.41, 5.74) is 2.46. The Labute approximate surface area is 93.3 Å². The number of imidazole rings is 1. The van der Waals surface area contributed by atoms with Crippen LogP contribution in [0.3, 0.4) is 0 Å². The van der Waals surface area contributed by atoms with E-state index in [0.717, 1.165) is 24.4 Å². The molecule has 1 aliphatic rings. The Morgan fingerprint density at radius 1 is 1.56 bits per heavy atom. The van der Waals surface area contributed by atoms with Crippen LogP contribution in [0, 0.1) is 12.7 Å². The van der Waals surface area contributed by atoms with E-state index >= 15 is 0 Å². The maximum Gasteiger partial charge on any atom is 0.173 e. The molecule has 1 atom stereocenters. The average Bonchev–Trinajstić information content (AvgIpc) is 2.88. The van der Waals surface area contributed by atoms with Gasteiger partial charge in [-0.15, -0.1) is 0 Å². The summed E-state index contributed by atoms with van der Waals surface area (Å²) in [5.74, 6) is -0.255. The van der Waals surface area contributed by atoms with E-state index in [1.54, 1.807) is 6.07 Å². The van der Waals surface area contributed by atoms with Crippen molar-refractivity contribution in [2.45, 2.75) is 25.8 Å². The standard InChI is InChI=1S/C12H14FN3/c1-8-11(10-5-2-6-14-10)15-12-9(13)4-3-7-16(8)12/h3-4,7,10,14H,2,5-6H2,1H3. The SMILES string of the molecule is Cc1c(C2CCCN2)nc2c(F)cccn12. The van der Waals surface area contributed by atoms with Crippen molar-refractivity contribution in [1.82, 2.24) is 14.7 Å². The molecule has 4 heteroatoms. The molecule has 3 nitrogen and oxygen atoms in total. The van der Waals surface area contributed by atoms with Crippen LogP contribution >= 0.6 is 0 Å². The van der Waals surface area contributed by atoms with Crippen LogP contribution in [0.4, 0.5) is 4.39 Å². The number of nitrogens with one attached hydrogen (secondary N) is 1. The van der Waals surface area contributed by atoms with Gasteiger partial charge in [-0.25, -0.2) is 9.37 Å². The third kappa shape index (κ3) is 1.33. The molecule has 0 aliphatic carbocycles. The monoisotopic (exact) mass is 219 g/mol. The van der Waals surface area contributed by atoms with Crippen molar-refractivity contribution in [1.29, 1.82) is 0 Å². The van der Waals surface area contributed by atoms with Gasteiger partial charge < -0.3 is 9.72 Å². The van der Waals surface area contributed by atoms with E-state index < -0.39 is 0 Å². The Hall–Kier alpha value is -1.42. The Morgan fingerprint density at radius 2 is 2.44 bits per heavy atom. The maximum atomic E-state index is 13.6. The fourth-order valence-corrected chi connectivity index (χ4v) is 2.42. The van der Waals surface area contributed by atoms with Crippen molar-refractivity contribution in [3.63, 3.8) is 0 Å². The number of halogens is 1. The molecule has 2 aromatic rings. The lowest BCUT2D eigenvalue weighted by molar-refractivity contribution is 0.621. The van der Waals surface area contributed by atoms with E-state index in [1.165, 1.54) is 12.5 Å². The normalized spacial score (nSPS) is 20.8. The molecule has 2 aromatic heterocycles. The summed E-state index contributed by atoms with van der Waals surface area (Å²) in [5, 5.41) is 3.40. The molecule has 1 saturated heterocycles. The molecule has 3 rings (SSSR count). The van der Waals surface area contributed by atoms with Gasteiger partial charge in [0.25, 0.3) is 0 Å². The highest BCUT2D eigenvalue weighted by atomic mass is 19.1. The van der Waals surface area contributed by atoms with Crippen molar-refractivity contribution in [2.24, 2.45) is 0 Å². The second-order valence-corrected chi connectivity index (χ2v) is 4.28. The Balaban J connectivity index is 2.18. The average molecular weight is 219 g/mol. The van der Waals surface area contributed by atoms with Crippen LogP contribution < -0.4 is 5.32 Å². The van der Waals surface area contributed by atoms with E-state index in [9.17, 15) is 4.39 Å². The van der Waals surface area contributed by atoms with Gasteiger partial charge in [0.15, 0.2) is 11.5 Å². The van der Waals surface area contributed by atoms with Gasteiger partial charge in [0.2, 0.25) is 0 Å². The van der Waals surface area contributed by atoms with E-state index in [1.807, 2.05) is 17.5 Å². The first-order valence-corrected chi connectivity index (χ1v) is 5.64. The molecule has 3 heterocycles. The fourth-order valence-electron chi connectivity index (χ4n) is 2.42. The van der Waals surface area contributed by atoms with E-state index in [2.05, 4.69) is 10.3 Å². The molecule has 0 saturated carbocycles. The predicted molar refractivity (Wildman–Crippen MR) is 59.9 cm³/mol. The fraction of sp³-hybridized carbons (Fsp3) is 0.417. The molecular formula is C12H14FN3. The van der Waals surface area contributed by atoms with Crippen molar-refractivity contribution in [2.75, 3.05) is 6.54 Å². The molecule has 1 N–H and O–H groups in total. The molecule has 0 radical (unpaired) electrons. The zero-order valence-corrected chi connectivity index (χ0v) is 9.20. The number of aromatic nitrogens is 2. The van der Waals surface area contributed by atoms with Crippen LogP contribution in [0.25, 0.3) is 5.65 Å². The largest absolute Gasteiger partial charge is 0.309 e. The Bertz CT molecular complexity index is 526. The number of pyridine rings is 1. The molecule has 0 amide bonds. The molecule has 1 unspecified atom stereocenters. The van der Waals surface area contributed by atoms with Crippen LogP contribution in [0.1, 0.15) is 30.3 Å². The summed E-state index contributed by atoms with van der Waals surface area (Å²) in [7, 11) is 0. The first-order valence-electron chi connectivity index (χ1n) is 5.64. The number of nitrogens with zero attached hydrogens (tertiary/aromatic N) is 2. The summed E-state index contributed by atoms with van der Waals surface area (Å²) < 4.78 is 15.4. The maximum absolute atomic E-state index is 13.6. The molecule has 16 heavy (non-hydrogen) atoms. The number of aryl methyl sites for hydroxylation is 1. The third-order valence-electron chi connectivity index (χ3n) is 3.27. The lowest BCUT2D eigenvalue weighted by Crippen LogP contribution is -2.14. The lowest BCUT2D eigenvalue weighted by Gasteiger charge is -2.07. The summed E-state index contributed by atoms with van der Waals surface area (Å²) in [6.45, 7) is 3.02. The molecule has 0 aromatic carbocycles. The number of rotatable bonds is 1. The minimum Gasteiger partial charge on any atom is -0.309 e. The molecular weight excluding hydrogens is 205 g/mol. The van der Waals surface area contributed by atoms with Crippen molar-refractivity contribution in [3.8, 4) is 0 Å². The van der Waals surface area contributed by atoms with E-state index in [-0.39, 0.29) is 5.82 Å². The first-order chi connectivity index (χ1) is 7.77. The van der Waals surface area contributed by atoms with Crippen LogP contribution in [0.5, 0.6) is 0 Å². The van der Waals surface area contributed by atoms with Gasteiger partial charge in [-0.3, -0.25) is 0 Å². The zero-order chi connectivity index (χ0) is 11.1. The predicted octanol–water partition coefficient (Wildman–Crippen LogP) is 2.21. The Morgan fingerprint density at radius 3 is 3.12 bits per heavy atom. The summed E-state index contributed by atoms with van der Waals surface area (Å²) >= 11 is 0. The molecule has 84 valence electrons. The molecule has 1 fully saturated rings. The van der Waals surface area contributed by atoms with Gasteiger partial charge in [0.05, 0.1) is 11.7 Å². The second kappa shape index (κ2) is 3.56. The third-order valence-corrected chi connectivity index (χ3v) is 3.27. The minimum atomic E-state index is -0.255. The lowest BCUT2D eigenvalue weighted by atomic mass is 10.1. The van der Waals surface area contributed by atoms with Crippen molar-refractivity contribution in [3.05, 3.63) is 35.5 Å². The summed E-state index contributed by atoms with van der Waals surface area (Å²) in [6.07, 6.45) is 4.12. The molecule has 1 aliphatic heterocycles. The highest BCUT2D eigenvalue weighted by Crippen LogP contribution is 2.26. The van der Waals surface area contributed by atoms with Crippen molar-refractivity contribution >= 4 is 5.65 Å². The van der Waals surface area contributed by atoms with Gasteiger partial charge in [0, 0.05) is 11.9 Å². The molecule has 0 spiro atoms. The van der Waals surface area contributed by atoms with Gasteiger partial charge >= 0.3 is 0 Å². The first kappa shape index (κ1) is 9.78. The number of fused-ring (bicyclic) bond motifs is 1. The van der Waals surface area contributed by atoms with Crippen LogP contribution in [0.2, 0.25) is 0 Å². The smallest absolute Gasteiger partial charge is 0.173 e. The minimum absolute atomic E-state index is 0.255. The van der Waals surface area contributed by atoms with Gasteiger partial charge in [-0.05, 0) is 38.4 Å². The summed E-state index contributed by atoms with van der Waals surface area (Å²) in [4.78, 5) is 4.42. The van der Waals surface area contributed by atoms with Gasteiger partial charge in [-0.1, -0.05) is 0 Å². The molecule has 0 bridgehead atoms. The zero-order valence-electron chi connectivity index (χ0n) is 9.20. The highest BCUT2D eigenvalue weighted by molar-refractivity contribution is 5.45. The quantitative estimate of drug-likeness (QED) is 0.796. The number of hydrogen-bond donors (Lipinski definition) is 1. The van der Waals surface area contributed by atoms with Gasteiger partial charge in [0.1, 0.15) is 0 Å². The number of hydrogen-bond acceptors (Lipinski definition) is 2. The van der Waals surface area contributed by atoms with E-state index in [0.29, 0.717) is 11.7 Å². The van der Waals surface area contributed by atoms with E-state index in [4.69, 9.17) is 0 Å². The summed E-state index contributed by atoms with van der Waals surface area (Å²) in [6, 6.07) is 3.45. The Kier molecular flexibility index (Phi) is 2.17. The highest BCUT2D eigenvalue weighted by Gasteiger charge is 2.22. The second-order valence-electron chi connectivity index (χ2n) is 4.28.